The first kappa shape index (κ1) is 16.0. The van der Waals surface area contributed by atoms with Crippen LogP contribution >= 0.6 is 0 Å². The van der Waals surface area contributed by atoms with Crippen LogP contribution in [0.25, 0.3) is 0 Å². The molecule has 0 aliphatic carbocycles. The van der Waals surface area contributed by atoms with Gasteiger partial charge in [-0.15, -0.1) is 0 Å². The van der Waals surface area contributed by atoms with Gasteiger partial charge in [-0.3, -0.25) is 0 Å². The van der Waals surface area contributed by atoms with E-state index in [9.17, 15) is 0 Å². The molecule has 1 aromatic carbocycles. The highest BCUT2D eigenvalue weighted by Gasteiger charge is 2.06. The van der Waals surface area contributed by atoms with Crippen LogP contribution < -0.4 is 10.5 Å². The van der Waals surface area contributed by atoms with Crippen LogP contribution in [0.1, 0.15) is 45.2 Å². The average molecular weight is 265 g/mol. The minimum Gasteiger partial charge on any atom is -0.494 e. The summed E-state index contributed by atoms with van der Waals surface area (Å²) in [5, 5.41) is 0. The summed E-state index contributed by atoms with van der Waals surface area (Å²) in [5.74, 6) is 1.57. The minimum atomic E-state index is -0.0626. The lowest BCUT2D eigenvalue weighted by Crippen LogP contribution is -2.17. The van der Waals surface area contributed by atoms with E-state index in [4.69, 9.17) is 15.2 Å². The lowest BCUT2D eigenvalue weighted by Gasteiger charge is -2.14. The Labute approximate surface area is 117 Å². The van der Waals surface area contributed by atoms with Crippen LogP contribution in [-0.2, 0) is 4.74 Å². The van der Waals surface area contributed by atoms with E-state index in [0.29, 0.717) is 12.5 Å². The number of rotatable bonds is 9. The molecule has 3 nitrogen and oxygen atoms in total. The first-order valence-corrected chi connectivity index (χ1v) is 7.19. The summed E-state index contributed by atoms with van der Waals surface area (Å²) in [6.45, 7) is 8.59. The first-order valence-electron chi connectivity index (χ1n) is 7.19. The summed E-state index contributed by atoms with van der Waals surface area (Å²) in [5.41, 5.74) is 7.19. The smallest absolute Gasteiger partial charge is 0.119 e. The summed E-state index contributed by atoms with van der Waals surface area (Å²) in [6, 6.07) is 7.91. The zero-order valence-corrected chi connectivity index (χ0v) is 12.4. The quantitative estimate of drug-likeness (QED) is 0.695. The van der Waals surface area contributed by atoms with E-state index in [1.807, 2.05) is 24.3 Å². The van der Waals surface area contributed by atoms with Gasteiger partial charge in [-0.05, 0) is 36.5 Å². The van der Waals surface area contributed by atoms with E-state index in [-0.39, 0.29) is 6.04 Å². The summed E-state index contributed by atoms with van der Waals surface area (Å²) in [6.07, 6.45) is 2.10. The Bertz CT molecular complexity index is 335. The number of hydrogen-bond acceptors (Lipinski definition) is 3. The molecule has 0 aliphatic heterocycles. The normalized spacial score (nSPS) is 12.7. The van der Waals surface area contributed by atoms with Gasteiger partial charge in [0.2, 0.25) is 0 Å². The second-order valence-corrected chi connectivity index (χ2v) is 5.28. The SMILES string of the molecule is CCCOc1ccc(C(N)COCCC(C)C)cc1. The van der Waals surface area contributed by atoms with Crippen molar-refractivity contribution in [2.45, 2.75) is 39.7 Å². The van der Waals surface area contributed by atoms with E-state index >= 15 is 0 Å². The molecule has 0 aromatic heterocycles. The van der Waals surface area contributed by atoms with Crippen molar-refractivity contribution in [3.05, 3.63) is 29.8 Å². The molecule has 1 aromatic rings. The third-order valence-corrected chi connectivity index (χ3v) is 2.92. The van der Waals surface area contributed by atoms with Gasteiger partial charge in [-0.2, -0.15) is 0 Å². The molecular formula is C16H27NO2. The molecule has 1 atom stereocenters. The fourth-order valence-corrected chi connectivity index (χ4v) is 1.66. The lowest BCUT2D eigenvalue weighted by atomic mass is 10.1. The van der Waals surface area contributed by atoms with Crippen molar-refractivity contribution < 1.29 is 9.47 Å². The number of ether oxygens (including phenoxy) is 2. The van der Waals surface area contributed by atoms with E-state index in [0.717, 1.165) is 37.4 Å². The highest BCUT2D eigenvalue weighted by molar-refractivity contribution is 5.29. The predicted octanol–water partition coefficient (Wildman–Crippen LogP) is 3.54. The van der Waals surface area contributed by atoms with Crippen molar-refractivity contribution >= 4 is 0 Å². The van der Waals surface area contributed by atoms with Crippen molar-refractivity contribution in [2.75, 3.05) is 19.8 Å². The molecule has 0 bridgehead atoms. The number of nitrogens with two attached hydrogens (primary N) is 1. The van der Waals surface area contributed by atoms with E-state index in [1.165, 1.54) is 0 Å². The van der Waals surface area contributed by atoms with Gasteiger partial charge in [-0.25, -0.2) is 0 Å². The largest absolute Gasteiger partial charge is 0.494 e. The Hall–Kier alpha value is -1.06. The second kappa shape index (κ2) is 8.94. The maximum Gasteiger partial charge on any atom is 0.119 e. The minimum absolute atomic E-state index is 0.0626. The summed E-state index contributed by atoms with van der Waals surface area (Å²) in [7, 11) is 0. The van der Waals surface area contributed by atoms with Crippen LogP contribution in [0, 0.1) is 5.92 Å². The van der Waals surface area contributed by atoms with Crippen molar-refractivity contribution in [2.24, 2.45) is 11.7 Å². The van der Waals surface area contributed by atoms with Gasteiger partial charge in [0.05, 0.1) is 19.3 Å². The van der Waals surface area contributed by atoms with Crippen molar-refractivity contribution in [1.29, 1.82) is 0 Å². The van der Waals surface area contributed by atoms with Gasteiger partial charge in [0.15, 0.2) is 0 Å². The first-order chi connectivity index (χ1) is 9.13. The van der Waals surface area contributed by atoms with Crippen LogP contribution in [0.4, 0.5) is 0 Å². The standard InChI is InChI=1S/C16H27NO2/c1-4-10-19-15-7-5-14(6-8-15)16(17)12-18-11-9-13(2)3/h5-8,13,16H,4,9-12,17H2,1-3H3. The molecule has 3 heteroatoms. The van der Waals surface area contributed by atoms with Crippen molar-refractivity contribution in [3.8, 4) is 5.75 Å². The molecule has 0 amide bonds. The zero-order valence-electron chi connectivity index (χ0n) is 12.4. The third-order valence-electron chi connectivity index (χ3n) is 2.92. The monoisotopic (exact) mass is 265 g/mol. The fourth-order valence-electron chi connectivity index (χ4n) is 1.66. The molecule has 1 unspecified atom stereocenters. The molecule has 108 valence electrons. The highest BCUT2D eigenvalue weighted by Crippen LogP contribution is 2.17. The predicted molar refractivity (Wildman–Crippen MR) is 79.4 cm³/mol. The fraction of sp³-hybridized carbons (Fsp3) is 0.625. The average Bonchev–Trinajstić information content (AvgIpc) is 2.41. The molecule has 0 heterocycles. The maximum absolute atomic E-state index is 6.10. The van der Waals surface area contributed by atoms with Crippen LogP contribution in [0.5, 0.6) is 5.75 Å². The van der Waals surface area contributed by atoms with Crippen molar-refractivity contribution in [3.63, 3.8) is 0 Å². The third kappa shape index (κ3) is 6.60. The number of hydrogen-bond donors (Lipinski definition) is 1. The Morgan fingerprint density at radius 1 is 1.11 bits per heavy atom. The molecule has 19 heavy (non-hydrogen) atoms. The van der Waals surface area contributed by atoms with Gasteiger partial charge in [0.1, 0.15) is 5.75 Å². The van der Waals surface area contributed by atoms with Crippen molar-refractivity contribution in [1.82, 2.24) is 0 Å². The molecule has 0 aliphatic rings. The van der Waals surface area contributed by atoms with Gasteiger partial charge >= 0.3 is 0 Å². The lowest BCUT2D eigenvalue weighted by molar-refractivity contribution is 0.111. The Morgan fingerprint density at radius 2 is 1.79 bits per heavy atom. The molecule has 0 saturated heterocycles. The molecule has 0 fully saturated rings. The van der Waals surface area contributed by atoms with Gasteiger partial charge < -0.3 is 15.2 Å². The molecule has 0 saturated carbocycles. The maximum atomic E-state index is 6.10. The number of benzene rings is 1. The van der Waals surface area contributed by atoms with Crippen LogP contribution in [0.2, 0.25) is 0 Å². The zero-order chi connectivity index (χ0) is 14.1. The summed E-state index contributed by atoms with van der Waals surface area (Å²) < 4.78 is 11.1. The highest BCUT2D eigenvalue weighted by atomic mass is 16.5. The van der Waals surface area contributed by atoms with Crippen LogP contribution in [0.3, 0.4) is 0 Å². The van der Waals surface area contributed by atoms with Gasteiger partial charge in [0.25, 0.3) is 0 Å². The molecule has 0 radical (unpaired) electrons. The molecule has 1 rings (SSSR count). The van der Waals surface area contributed by atoms with E-state index in [1.54, 1.807) is 0 Å². The van der Waals surface area contributed by atoms with Gasteiger partial charge in [0, 0.05) is 6.61 Å². The van der Waals surface area contributed by atoms with Crippen LogP contribution in [0.15, 0.2) is 24.3 Å². The summed E-state index contributed by atoms with van der Waals surface area (Å²) in [4.78, 5) is 0. The molecule has 0 spiro atoms. The van der Waals surface area contributed by atoms with Gasteiger partial charge in [-0.1, -0.05) is 32.9 Å². The second-order valence-electron chi connectivity index (χ2n) is 5.28. The summed E-state index contributed by atoms with van der Waals surface area (Å²) >= 11 is 0. The topological polar surface area (TPSA) is 44.5 Å². The molecular weight excluding hydrogens is 238 g/mol. The Kier molecular flexibility index (Phi) is 7.53. The Balaban J connectivity index is 2.33. The molecule has 2 N–H and O–H groups in total. The van der Waals surface area contributed by atoms with E-state index in [2.05, 4.69) is 20.8 Å². The van der Waals surface area contributed by atoms with Crippen LogP contribution in [-0.4, -0.2) is 19.8 Å². The van der Waals surface area contributed by atoms with E-state index < -0.39 is 0 Å². The Morgan fingerprint density at radius 3 is 2.37 bits per heavy atom.